The molecule has 0 aliphatic heterocycles. The second kappa shape index (κ2) is 5.24. The van der Waals surface area contributed by atoms with Crippen molar-refractivity contribution >= 4 is 17.3 Å². The topological polar surface area (TPSA) is 82.5 Å². The summed E-state index contributed by atoms with van der Waals surface area (Å²) < 4.78 is 10.2. The Morgan fingerprint density at radius 3 is 2.74 bits per heavy atom. The van der Waals surface area contributed by atoms with E-state index >= 15 is 0 Å². The number of fused-ring (bicyclic) bond motifs is 1. The highest BCUT2D eigenvalue weighted by Crippen LogP contribution is 2.28. The zero-order chi connectivity index (χ0) is 14.0. The van der Waals surface area contributed by atoms with Gasteiger partial charge in [0.15, 0.2) is 0 Å². The van der Waals surface area contributed by atoms with E-state index in [1.807, 2.05) is 0 Å². The lowest BCUT2D eigenvalue weighted by molar-refractivity contribution is -0.109. The van der Waals surface area contributed by atoms with E-state index < -0.39 is 11.7 Å². The number of methoxy groups -OCH3 is 1. The molecular weight excluding hydrogens is 246 g/mol. The van der Waals surface area contributed by atoms with Crippen LogP contribution in [0.1, 0.15) is 18.4 Å². The van der Waals surface area contributed by atoms with Crippen LogP contribution in [0.15, 0.2) is 33.5 Å². The third-order valence-electron chi connectivity index (χ3n) is 3.21. The maximum Gasteiger partial charge on any atom is 0.336 e. The minimum Gasteiger partial charge on any atom is -0.497 e. The first-order valence-corrected chi connectivity index (χ1v) is 5.89. The average molecular weight is 261 g/mol. The van der Waals surface area contributed by atoms with Crippen molar-refractivity contribution in [3.05, 3.63) is 40.2 Å². The van der Waals surface area contributed by atoms with Gasteiger partial charge in [-0.1, -0.05) is 6.92 Å². The van der Waals surface area contributed by atoms with Crippen LogP contribution < -0.4 is 16.1 Å². The fourth-order valence-electron chi connectivity index (χ4n) is 2.00. The summed E-state index contributed by atoms with van der Waals surface area (Å²) in [5, 5.41) is 0.755. The van der Waals surface area contributed by atoms with E-state index in [0.29, 0.717) is 23.2 Å². The van der Waals surface area contributed by atoms with E-state index in [0.717, 1.165) is 5.39 Å². The molecule has 0 radical (unpaired) electrons. The van der Waals surface area contributed by atoms with Crippen LogP contribution in [-0.4, -0.2) is 19.4 Å². The monoisotopic (exact) mass is 261 g/mol. The van der Waals surface area contributed by atoms with Gasteiger partial charge < -0.3 is 19.7 Å². The third kappa shape index (κ3) is 2.51. The Morgan fingerprint density at radius 2 is 2.11 bits per heavy atom. The van der Waals surface area contributed by atoms with Crippen molar-refractivity contribution in [2.24, 2.45) is 5.73 Å². The van der Waals surface area contributed by atoms with E-state index in [4.69, 9.17) is 14.9 Å². The summed E-state index contributed by atoms with van der Waals surface area (Å²) in [7, 11) is 1.54. The van der Waals surface area contributed by atoms with Crippen LogP contribution in [-0.2, 0) is 4.79 Å². The summed E-state index contributed by atoms with van der Waals surface area (Å²) in [6, 6.07) is 5.92. The van der Waals surface area contributed by atoms with Gasteiger partial charge in [0.25, 0.3) is 0 Å². The van der Waals surface area contributed by atoms with E-state index in [1.165, 1.54) is 13.2 Å². The highest BCUT2D eigenvalue weighted by Gasteiger charge is 2.18. The maximum absolute atomic E-state index is 11.6. The molecule has 19 heavy (non-hydrogen) atoms. The molecule has 2 N–H and O–H groups in total. The molecule has 0 amide bonds. The Bertz CT molecular complexity index is 662. The van der Waals surface area contributed by atoms with E-state index in [9.17, 15) is 9.59 Å². The fraction of sp³-hybridized carbons (Fsp3) is 0.286. The van der Waals surface area contributed by atoms with Crippen molar-refractivity contribution in [1.82, 2.24) is 0 Å². The van der Waals surface area contributed by atoms with Gasteiger partial charge in [-0.2, -0.15) is 0 Å². The summed E-state index contributed by atoms with van der Waals surface area (Å²) in [5.41, 5.74) is 6.37. The van der Waals surface area contributed by atoms with Crippen molar-refractivity contribution in [3.8, 4) is 5.75 Å². The van der Waals surface area contributed by atoms with Gasteiger partial charge in [-0.15, -0.1) is 0 Å². The quantitative estimate of drug-likeness (QED) is 0.665. The molecule has 2 rings (SSSR count). The number of carbonyl (C=O) groups is 1. The Balaban J connectivity index is 2.67. The maximum atomic E-state index is 11.6. The minimum absolute atomic E-state index is 0.266. The highest BCUT2D eigenvalue weighted by molar-refractivity contribution is 5.82. The summed E-state index contributed by atoms with van der Waals surface area (Å²) in [5.74, 6) is 0.331. The standard InChI is InChI=1S/C14H15NO4/c1-8(12(15)7-16)11-6-14(17)19-13-5-9(18-2)3-4-10(11)13/h3-8,12H,15H2,1-2H3/t8?,12-/m1/s1. The predicted molar refractivity (Wildman–Crippen MR) is 71.5 cm³/mol. The van der Waals surface area contributed by atoms with Gasteiger partial charge >= 0.3 is 5.63 Å². The van der Waals surface area contributed by atoms with Gasteiger partial charge in [-0.05, 0) is 17.7 Å². The number of rotatable bonds is 4. The second-order valence-corrected chi connectivity index (χ2v) is 4.38. The minimum atomic E-state index is -0.660. The molecule has 0 aliphatic rings. The number of aldehydes is 1. The van der Waals surface area contributed by atoms with Crippen LogP contribution in [0.3, 0.4) is 0 Å². The van der Waals surface area contributed by atoms with Crippen LogP contribution in [0.25, 0.3) is 11.0 Å². The molecule has 0 saturated heterocycles. The molecule has 5 heteroatoms. The molecule has 1 aromatic carbocycles. The van der Waals surface area contributed by atoms with E-state index in [1.54, 1.807) is 25.1 Å². The first kappa shape index (κ1) is 13.3. The summed E-state index contributed by atoms with van der Waals surface area (Å²) in [6.45, 7) is 1.80. The lowest BCUT2D eigenvalue weighted by Gasteiger charge is -2.16. The van der Waals surface area contributed by atoms with Crippen LogP contribution in [0.4, 0.5) is 0 Å². The Morgan fingerprint density at radius 1 is 1.37 bits per heavy atom. The molecule has 0 bridgehead atoms. The number of hydrogen-bond acceptors (Lipinski definition) is 5. The normalized spacial score (nSPS) is 14.1. The number of ether oxygens (including phenoxy) is 1. The van der Waals surface area contributed by atoms with Crippen molar-refractivity contribution < 1.29 is 13.9 Å². The summed E-state index contributed by atoms with van der Waals surface area (Å²) in [4.78, 5) is 22.4. The number of nitrogens with two attached hydrogens (primary N) is 1. The first-order chi connectivity index (χ1) is 9.06. The highest BCUT2D eigenvalue weighted by atomic mass is 16.5. The predicted octanol–water partition coefficient (Wildman–Crippen LogP) is 1.43. The Labute approximate surface area is 110 Å². The number of hydrogen-bond donors (Lipinski definition) is 1. The molecule has 0 fully saturated rings. The molecule has 100 valence electrons. The van der Waals surface area contributed by atoms with Gasteiger partial charge in [0.2, 0.25) is 0 Å². The number of benzene rings is 1. The lowest BCUT2D eigenvalue weighted by atomic mass is 9.92. The summed E-state index contributed by atoms with van der Waals surface area (Å²) in [6.07, 6.45) is 0.675. The molecule has 1 unspecified atom stereocenters. The SMILES string of the molecule is COc1ccc2c(C(C)[C@H](N)C=O)cc(=O)oc2c1. The Kier molecular flexibility index (Phi) is 3.66. The van der Waals surface area contributed by atoms with Crippen molar-refractivity contribution in [3.63, 3.8) is 0 Å². The van der Waals surface area contributed by atoms with E-state index in [2.05, 4.69) is 0 Å². The molecule has 0 saturated carbocycles. The second-order valence-electron chi connectivity index (χ2n) is 4.38. The lowest BCUT2D eigenvalue weighted by Crippen LogP contribution is -2.28. The zero-order valence-electron chi connectivity index (χ0n) is 10.8. The largest absolute Gasteiger partial charge is 0.497 e. The molecule has 5 nitrogen and oxygen atoms in total. The van der Waals surface area contributed by atoms with Crippen LogP contribution in [0.2, 0.25) is 0 Å². The van der Waals surface area contributed by atoms with Gasteiger partial charge in [-0.3, -0.25) is 0 Å². The average Bonchev–Trinajstić information content (AvgIpc) is 2.43. The van der Waals surface area contributed by atoms with Gasteiger partial charge in [-0.25, -0.2) is 4.79 Å². The van der Waals surface area contributed by atoms with Crippen LogP contribution in [0, 0.1) is 0 Å². The molecule has 0 spiro atoms. The van der Waals surface area contributed by atoms with Crippen LogP contribution in [0.5, 0.6) is 5.75 Å². The molecule has 0 aliphatic carbocycles. The molecule has 1 heterocycles. The summed E-state index contributed by atoms with van der Waals surface area (Å²) >= 11 is 0. The van der Waals surface area contributed by atoms with Crippen LogP contribution >= 0.6 is 0 Å². The zero-order valence-corrected chi connectivity index (χ0v) is 10.8. The van der Waals surface area contributed by atoms with Gasteiger partial charge in [0.1, 0.15) is 17.6 Å². The number of carbonyl (C=O) groups excluding carboxylic acids is 1. The van der Waals surface area contributed by atoms with E-state index in [-0.39, 0.29) is 5.92 Å². The third-order valence-corrected chi connectivity index (χ3v) is 3.21. The van der Waals surface area contributed by atoms with Gasteiger partial charge in [0, 0.05) is 23.4 Å². The molecular formula is C14H15NO4. The van der Waals surface area contributed by atoms with Crippen molar-refractivity contribution in [1.29, 1.82) is 0 Å². The first-order valence-electron chi connectivity index (χ1n) is 5.89. The molecule has 2 aromatic rings. The molecule has 1 aromatic heterocycles. The fourth-order valence-corrected chi connectivity index (χ4v) is 2.00. The van der Waals surface area contributed by atoms with Crippen molar-refractivity contribution in [2.45, 2.75) is 18.9 Å². The van der Waals surface area contributed by atoms with Gasteiger partial charge in [0.05, 0.1) is 13.2 Å². The smallest absolute Gasteiger partial charge is 0.336 e. The Hall–Kier alpha value is -2.14. The molecule has 2 atom stereocenters. The van der Waals surface area contributed by atoms with Crippen molar-refractivity contribution in [2.75, 3.05) is 7.11 Å².